The second-order valence-corrected chi connectivity index (χ2v) is 4.86. The van der Waals surface area contributed by atoms with Crippen molar-refractivity contribution in [3.8, 4) is 0 Å². The zero-order valence-corrected chi connectivity index (χ0v) is 9.29. The molecular weight excluding hydrogens is 180 g/mol. The maximum atomic E-state index is 11.6. The van der Waals surface area contributed by atoms with E-state index in [1.54, 1.807) is 0 Å². The third-order valence-electron chi connectivity index (χ3n) is 3.22. The van der Waals surface area contributed by atoms with Crippen molar-refractivity contribution in [2.45, 2.75) is 46.6 Å². The predicted octanol–water partition coefficient (Wildman–Crippen LogP) is 1.94. The molecule has 0 unspecified atom stereocenters. The molecule has 80 valence electrons. The summed E-state index contributed by atoms with van der Waals surface area (Å²) in [5.41, 5.74) is 0.0774. The SMILES string of the molecule is CC(=O)O[C@@H]1CC(C)(C)[C@H](C)CC1=O. The standard InChI is InChI=1S/C11H18O3/c1-7-5-9(13)10(14-8(2)12)6-11(7,3)4/h7,10H,5-6H2,1-4H3/t7-,10-/m1/s1. The summed E-state index contributed by atoms with van der Waals surface area (Å²) in [6, 6.07) is 0. The quantitative estimate of drug-likeness (QED) is 0.605. The number of ether oxygens (including phenoxy) is 1. The molecule has 1 saturated carbocycles. The van der Waals surface area contributed by atoms with E-state index in [1.165, 1.54) is 6.92 Å². The molecule has 1 rings (SSSR count). The van der Waals surface area contributed by atoms with E-state index in [1.807, 2.05) is 0 Å². The molecular formula is C11H18O3. The van der Waals surface area contributed by atoms with Gasteiger partial charge in [0.25, 0.3) is 0 Å². The van der Waals surface area contributed by atoms with Crippen molar-refractivity contribution in [3.63, 3.8) is 0 Å². The van der Waals surface area contributed by atoms with E-state index in [9.17, 15) is 9.59 Å². The third kappa shape index (κ3) is 2.34. The van der Waals surface area contributed by atoms with Crippen molar-refractivity contribution in [3.05, 3.63) is 0 Å². The minimum absolute atomic E-state index is 0.0621. The number of rotatable bonds is 1. The molecule has 0 aliphatic heterocycles. The van der Waals surface area contributed by atoms with Crippen LogP contribution in [0.3, 0.4) is 0 Å². The first-order chi connectivity index (χ1) is 6.33. The topological polar surface area (TPSA) is 43.4 Å². The second kappa shape index (κ2) is 3.71. The molecule has 3 nitrogen and oxygen atoms in total. The van der Waals surface area contributed by atoms with Crippen LogP contribution in [-0.2, 0) is 14.3 Å². The van der Waals surface area contributed by atoms with Gasteiger partial charge in [0.15, 0.2) is 11.9 Å². The van der Waals surface area contributed by atoms with E-state index in [0.29, 0.717) is 18.8 Å². The number of Topliss-reactive ketones (excluding diaryl/α,β-unsaturated/α-hetero) is 1. The van der Waals surface area contributed by atoms with Crippen LogP contribution in [0.5, 0.6) is 0 Å². The molecule has 0 amide bonds. The Hall–Kier alpha value is -0.860. The molecule has 14 heavy (non-hydrogen) atoms. The van der Waals surface area contributed by atoms with E-state index in [4.69, 9.17) is 4.74 Å². The largest absolute Gasteiger partial charge is 0.455 e. The van der Waals surface area contributed by atoms with Gasteiger partial charge in [0.1, 0.15) is 0 Å². The molecule has 0 aromatic heterocycles. The summed E-state index contributed by atoms with van der Waals surface area (Å²) in [5, 5.41) is 0. The maximum Gasteiger partial charge on any atom is 0.303 e. The Bertz CT molecular complexity index is 255. The highest BCUT2D eigenvalue weighted by atomic mass is 16.5. The van der Waals surface area contributed by atoms with Gasteiger partial charge < -0.3 is 4.74 Å². The molecule has 0 aromatic carbocycles. The fourth-order valence-electron chi connectivity index (χ4n) is 1.81. The van der Waals surface area contributed by atoms with Crippen LogP contribution in [0.4, 0.5) is 0 Å². The highest BCUT2D eigenvalue weighted by molar-refractivity contribution is 5.86. The third-order valence-corrected chi connectivity index (χ3v) is 3.22. The van der Waals surface area contributed by atoms with Crippen LogP contribution < -0.4 is 0 Å². The van der Waals surface area contributed by atoms with Gasteiger partial charge in [-0.15, -0.1) is 0 Å². The Morgan fingerprint density at radius 3 is 2.57 bits per heavy atom. The molecule has 2 atom stereocenters. The molecule has 3 heteroatoms. The zero-order chi connectivity index (χ0) is 10.9. The van der Waals surface area contributed by atoms with Crippen LogP contribution in [0.15, 0.2) is 0 Å². The van der Waals surface area contributed by atoms with Gasteiger partial charge in [-0.3, -0.25) is 9.59 Å². The van der Waals surface area contributed by atoms with Gasteiger partial charge >= 0.3 is 5.97 Å². The van der Waals surface area contributed by atoms with Crippen molar-refractivity contribution in [1.29, 1.82) is 0 Å². The summed E-state index contributed by atoms with van der Waals surface area (Å²) in [6.45, 7) is 7.64. The maximum absolute atomic E-state index is 11.6. The number of ketones is 1. The van der Waals surface area contributed by atoms with E-state index in [0.717, 1.165) is 0 Å². The first-order valence-electron chi connectivity index (χ1n) is 5.03. The molecule has 0 spiro atoms. The van der Waals surface area contributed by atoms with Crippen molar-refractivity contribution in [1.82, 2.24) is 0 Å². The second-order valence-electron chi connectivity index (χ2n) is 4.86. The van der Waals surface area contributed by atoms with Crippen molar-refractivity contribution < 1.29 is 14.3 Å². The van der Waals surface area contributed by atoms with Gasteiger partial charge in [-0.1, -0.05) is 20.8 Å². The van der Waals surface area contributed by atoms with Gasteiger partial charge in [-0.2, -0.15) is 0 Å². The highest BCUT2D eigenvalue weighted by Crippen LogP contribution is 2.39. The lowest BCUT2D eigenvalue weighted by atomic mass is 9.68. The fraction of sp³-hybridized carbons (Fsp3) is 0.818. The Balaban J connectivity index is 2.70. The van der Waals surface area contributed by atoms with Crippen LogP contribution in [0.25, 0.3) is 0 Å². The monoisotopic (exact) mass is 198 g/mol. The van der Waals surface area contributed by atoms with E-state index >= 15 is 0 Å². The molecule has 1 fully saturated rings. The van der Waals surface area contributed by atoms with Gasteiger partial charge in [-0.25, -0.2) is 0 Å². The van der Waals surface area contributed by atoms with Crippen molar-refractivity contribution in [2.24, 2.45) is 11.3 Å². The number of carbonyl (C=O) groups is 2. The van der Waals surface area contributed by atoms with Crippen LogP contribution in [0.1, 0.15) is 40.5 Å². The Labute approximate surface area is 84.8 Å². The summed E-state index contributed by atoms with van der Waals surface area (Å²) >= 11 is 0. The summed E-state index contributed by atoms with van der Waals surface area (Å²) in [5.74, 6) is 0.0579. The van der Waals surface area contributed by atoms with Gasteiger partial charge in [-0.05, 0) is 17.8 Å². The first-order valence-corrected chi connectivity index (χ1v) is 5.03. The number of hydrogen-bond acceptors (Lipinski definition) is 3. The summed E-state index contributed by atoms with van der Waals surface area (Å²) in [7, 11) is 0. The zero-order valence-electron chi connectivity index (χ0n) is 9.29. The first kappa shape index (κ1) is 11.2. The Morgan fingerprint density at radius 2 is 2.07 bits per heavy atom. The minimum atomic E-state index is -0.515. The van der Waals surface area contributed by atoms with Crippen molar-refractivity contribution >= 4 is 11.8 Å². The molecule has 0 bridgehead atoms. The lowest BCUT2D eigenvalue weighted by Gasteiger charge is -2.39. The Morgan fingerprint density at radius 1 is 1.50 bits per heavy atom. The van der Waals surface area contributed by atoms with Crippen molar-refractivity contribution in [2.75, 3.05) is 0 Å². The van der Waals surface area contributed by atoms with Gasteiger partial charge in [0.05, 0.1) is 0 Å². The van der Waals surface area contributed by atoms with Gasteiger partial charge in [0.2, 0.25) is 0 Å². The highest BCUT2D eigenvalue weighted by Gasteiger charge is 2.40. The number of esters is 1. The molecule has 0 radical (unpaired) electrons. The number of hydrogen-bond donors (Lipinski definition) is 0. The average molecular weight is 198 g/mol. The lowest BCUT2D eigenvalue weighted by molar-refractivity contribution is -0.159. The summed E-state index contributed by atoms with van der Waals surface area (Å²) in [6.07, 6.45) is 0.649. The van der Waals surface area contributed by atoms with E-state index in [2.05, 4.69) is 20.8 Å². The molecule has 1 aliphatic carbocycles. The lowest BCUT2D eigenvalue weighted by Crippen LogP contribution is -2.41. The van der Waals surface area contributed by atoms with Crippen LogP contribution in [-0.4, -0.2) is 17.9 Å². The minimum Gasteiger partial charge on any atom is -0.455 e. The van der Waals surface area contributed by atoms with E-state index < -0.39 is 6.10 Å². The molecule has 0 saturated heterocycles. The normalized spacial score (nSPS) is 31.3. The average Bonchev–Trinajstić information content (AvgIpc) is 1.99. The molecule has 1 aliphatic rings. The Kier molecular flexibility index (Phi) is 2.98. The molecule has 0 N–H and O–H groups in total. The fourth-order valence-corrected chi connectivity index (χ4v) is 1.81. The van der Waals surface area contributed by atoms with Gasteiger partial charge in [0, 0.05) is 13.3 Å². The summed E-state index contributed by atoms with van der Waals surface area (Å²) < 4.78 is 5.00. The predicted molar refractivity (Wildman–Crippen MR) is 52.7 cm³/mol. The molecule has 0 heterocycles. The van der Waals surface area contributed by atoms with Crippen LogP contribution >= 0.6 is 0 Å². The van der Waals surface area contributed by atoms with Crippen LogP contribution in [0, 0.1) is 11.3 Å². The molecule has 0 aromatic rings. The number of carbonyl (C=O) groups excluding carboxylic acids is 2. The summed E-state index contributed by atoms with van der Waals surface area (Å²) in [4.78, 5) is 22.3. The van der Waals surface area contributed by atoms with Crippen LogP contribution in [0.2, 0.25) is 0 Å². The van der Waals surface area contributed by atoms with E-state index in [-0.39, 0.29) is 17.2 Å². The smallest absolute Gasteiger partial charge is 0.303 e.